The molecule has 0 radical (unpaired) electrons. The van der Waals surface area contributed by atoms with E-state index in [4.69, 9.17) is 10.5 Å². The number of ether oxygens (including phenoxy) is 1. The van der Waals surface area contributed by atoms with Crippen LogP contribution in [0.15, 0.2) is 36.7 Å². The van der Waals surface area contributed by atoms with Gasteiger partial charge in [0.05, 0.1) is 0 Å². The number of hydrogen-bond donors (Lipinski definition) is 1. The third-order valence-electron chi connectivity index (χ3n) is 4.12. The van der Waals surface area contributed by atoms with E-state index in [1.54, 1.807) is 6.07 Å². The molecule has 3 rings (SSSR count). The van der Waals surface area contributed by atoms with Crippen LogP contribution in [0.25, 0.3) is 0 Å². The van der Waals surface area contributed by atoms with Gasteiger partial charge in [0.25, 0.3) is 0 Å². The van der Waals surface area contributed by atoms with Crippen molar-refractivity contribution < 1.29 is 4.74 Å². The molecule has 0 unspecified atom stereocenters. The molecule has 1 aromatic heterocycles. The van der Waals surface area contributed by atoms with Gasteiger partial charge in [0.2, 0.25) is 0 Å². The Morgan fingerprint density at radius 1 is 1.17 bits per heavy atom. The monoisotopic (exact) mass is 313 g/mol. The van der Waals surface area contributed by atoms with Crippen LogP contribution >= 0.6 is 0 Å². The van der Waals surface area contributed by atoms with Gasteiger partial charge < -0.3 is 15.4 Å². The second-order valence-corrected chi connectivity index (χ2v) is 5.75. The zero-order valence-electron chi connectivity index (χ0n) is 13.5. The molecule has 1 aliphatic rings. The van der Waals surface area contributed by atoms with Gasteiger partial charge in [-0.1, -0.05) is 0 Å². The molecule has 23 heavy (non-hydrogen) atoms. The lowest BCUT2D eigenvalue weighted by molar-refractivity contribution is 0.238. The van der Waals surface area contributed by atoms with Crippen molar-refractivity contribution in [2.24, 2.45) is 0 Å². The van der Waals surface area contributed by atoms with Gasteiger partial charge in [0, 0.05) is 25.3 Å². The normalized spacial score (nSPS) is 14.8. The number of hydrogen-bond acceptors (Lipinski definition) is 6. The topological polar surface area (TPSA) is 67.5 Å². The second kappa shape index (κ2) is 7.28. The Morgan fingerprint density at radius 2 is 1.91 bits per heavy atom. The lowest BCUT2D eigenvalue weighted by Crippen LogP contribution is -2.25. The highest BCUT2D eigenvalue weighted by molar-refractivity contribution is 5.61. The van der Waals surface area contributed by atoms with Crippen molar-refractivity contribution in [2.75, 3.05) is 43.9 Å². The Hall–Kier alpha value is -2.34. The molecule has 0 bridgehead atoms. The predicted octanol–water partition coefficient (Wildman–Crippen LogP) is 2.30. The summed E-state index contributed by atoms with van der Waals surface area (Å²) in [4.78, 5) is 12.6. The molecule has 0 atom stereocenters. The Balaban J connectivity index is 1.55. The van der Waals surface area contributed by atoms with Crippen molar-refractivity contribution in [3.05, 3.63) is 36.7 Å². The fourth-order valence-corrected chi connectivity index (χ4v) is 2.74. The molecule has 6 nitrogen and oxygen atoms in total. The lowest BCUT2D eigenvalue weighted by atomic mass is 10.3. The summed E-state index contributed by atoms with van der Waals surface area (Å²) in [6.07, 6.45) is 4.10. The Bertz CT molecular complexity index is 625. The van der Waals surface area contributed by atoms with Crippen molar-refractivity contribution in [1.29, 1.82) is 0 Å². The van der Waals surface area contributed by atoms with Gasteiger partial charge in [-0.2, -0.15) is 0 Å². The zero-order chi connectivity index (χ0) is 16.1. The molecule has 2 aromatic rings. The second-order valence-electron chi connectivity index (χ2n) is 5.75. The fourth-order valence-electron chi connectivity index (χ4n) is 2.74. The average Bonchev–Trinajstić information content (AvgIpc) is 3.08. The van der Waals surface area contributed by atoms with E-state index in [9.17, 15) is 0 Å². The largest absolute Gasteiger partial charge is 0.492 e. The van der Waals surface area contributed by atoms with Crippen LogP contribution < -0.4 is 15.4 Å². The van der Waals surface area contributed by atoms with Crippen LogP contribution in [0, 0.1) is 0 Å². The van der Waals surface area contributed by atoms with E-state index in [2.05, 4.69) is 14.9 Å². The molecule has 0 spiro atoms. The minimum atomic E-state index is 0.462. The predicted molar refractivity (Wildman–Crippen MR) is 92.1 cm³/mol. The van der Waals surface area contributed by atoms with Crippen molar-refractivity contribution in [3.8, 4) is 5.75 Å². The van der Waals surface area contributed by atoms with Gasteiger partial charge in [-0.25, -0.2) is 9.97 Å². The summed E-state index contributed by atoms with van der Waals surface area (Å²) in [6.45, 7) is 4.14. The van der Waals surface area contributed by atoms with E-state index < -0.39 is 0 Å². The molecular weight excluding hydrogens is 290 g/mol. The number of rotatable bonds is 6. The van der Waals surface area contributed by atoms with Crippen LogP contribution in [-0.2, 0) is 0 Å². The summed E-state index contributed by atoms with van der Waals surface area (Å²) in [5.74, 6) is 2.12. The van der Waals surface area contributed by atoms with Crippen LogP contribution in [-0.4, -0.2) is 48.2 Å². The van der Waals surface area contributed by atoms with E-state index in [0.29, 0.717) is 5.82 Å². The molecule has 0 amide bonds. The van der Waals surface area contributed by atoms with Crippen LogP contribution in [0.4, 0.5) is 17.3 Å². The number of benzene rings is 1. The van der Waals surface area contributed by atoms with Crippen LogP contribution in [0.3, 0.4) is 0 Å². The molecule has 1 saturated heterocycles. The Morgan fingerprint density at radius 3 is 2.61 bits per heavy atom. The third-order valence-corrected chi connectivity index (χ3v) is 4.12. The van der Waals surface area contributed by atoms with E-state index >= 15 is 0 Å². The lowest BCUT2D eigenvalue weighted by Gasteiger charge is -2.19. The third kappa shape index (κ3) is 4.10. The van der Waals surface area contributed by atoms with E-state index in [0.717, 1.165) is 30.4 Å². The van der Waals surface area contributed by atoms with Gasteiger partial charge in [0.1, 0.15) is 30.3 Å². The molecule has 0 saturated carbocycles. The van der Waals surface area contributed by atoms with Crippen molar-refractivity contribution in [1.82, 2.24) is 14.9 Å². The number of nitrogens with zero attached hydrogens (tertiary/aromatic N) is 4. The highest BCUT2D eigenvalue weighted by Crippen LogP contribution is 2.24. The molecule has 0 aliphatic carbocycles. The quantitative estimate of drug-likeness (QED) is 0.882. The summed E-state index contributed by atoms with van der Waals surface area (Å²) < 4.78 is 5.82. The molecule has 122 valence electrons. The molecule has 2 heterocycles. The minimum Gasteiger partial charge on any atom is -0.492 e. The molecule has 6 heteroatoms. The first-order valence-electron chi connectivity index (χ1n) is 7.99. The first kappa shape index (κ1) is 15.6. The smallest absolute Gasteiger partial charge is 0.138 e. The van der Waals surface area contributed by atoms with Gasteiger partial charge in [-0.05, 0) is 50.2 Å². The minimum absolute atomic E-state index is 0.462. The summed E-state index contributed by atoms with van der Waals surface area (Å²) in [6, 6.07) is 9.76. The molecule has 1 aliphatic heterocycles. The summed E-state index contributed by atoms with van der Waals surface area (Å²) in [5.41, 5.74) is 6.73. The van der Waals surface area contributed by atoms with Gasteiger partial charge >= 0.3 is 0 Å². The Kier molecular flexibility index (Phi) is 4.92. The van der Waals surface area contributed by atoms with Gasteiger partial charge in [-0.3, -0.25) is 4.90 Å². The van der Waals surface area contributed by atoms with Crippen LogP contribution in [0.1, 0.15) is 12.8 Å². The van der Waals surface area contributed by atoms with Gasteiger partial charge in [-0.15, -0.1) is 0 Å². The molecule has 1 fully saturated rings. The summed E-state index contributed by atoms with van der Waals surface area (Å²) in [7, 11) is 1.95. The summed E-state index contributed by atoms with van der Waals surface area (Å²) >= 11 is 0. The number of nitrogens with two attached hydrogens (primary N) is 1. The average molecular weight is 313 g/mol. The zero-order valence-corrected chi connectivity index (χ0v) is 13.5. The molecule has 1 aromatic carbocycles. The fraction of sp³-hybridized carbons (Fsp3) is 0.412. The first-order chi connectivity index (χ1) is 11.2. The highest BCUT2D eigenvalue weighted by atomic mass is 16.5. The number of anilines is 3. The maximum absolute atomic E-state index is 5.82. The summed E-state index contributed by atoms with van der Waals surface area (Å²) in [5, 5.41) is 0. The first-order valence-corrected chi connectivity index (χ1v) is 7.99. The van der Waals surface area contributed by atoms with Crippen LogP contribution in [0.5, 0.6) is 5.75 Å². The van der Waals surface area contributed by atoms with Crippen LogP contribution in [0.2, 0.25) is 0 Å². The number of aromatic nitrogens is 2. The van der Waals surface area contributed by atoms with E-state index in [1.807, 2.05) is 36.2 Å². The van der Waals surface area contributed by atoms with Crippen molar-refractivity contribution in [2.45, 2.75) is 12.8 Å². The molecule has 2 N–H and O–H groups in total. The standard InChI is InChI=1S/C17H23N5O/c1-21(17-12-16(18)19-13-20-17)14-4-6-15(7-5-14)23-11-10-22-8-2-3-9-22/h4-7,12-13H,2-3,8-11H2,1H3,(H2,18,19,20). The maximum Gasteiger partial charge on any atom is 0.138 e. The maximum atomic E-state index is 5.82. The van der Waals surface area contributed by atoms with E-state index in [-0.39, 0.29) is 0 Å². The SMILES string of the molecule is CN(c1ccc(OCCN2CCCC2)cc1)c1cc(N)ncn1. The van der Waals surface area contributed by atoms with Crippen molar-refractivity contribution >= 4 is 17.3 Å². The number of likely N-dealkylation sites (tertiary alicyclic amines) is 1. The van der Waals surface area contributed by atoms with Gasteiger partial charge in [0.15, 0.2) is 0 Å². The van der Waals surface area contributed by atoms with Crippen molar-refractivity contribution in [3.63, 3.8) is 0 Å². The number of nitrogen functional groups attached to an aromatic ring is 1. The van der Waals surface area contributed by atoms with E-state index in [1.165, 1.54) is 32.3 Å². The highest BCUT2D eigenvalue weighted by Gasteiger charge is 2.11. The Labute approximate surface area is 136 Å². The molecular formula is C17H23N5O.